The molecule has 3 aromatic carbocycles. The standard InChI is InChI=1S/C30H28FN3O3S/c1-5-30(22-7-6-8-25(17-22)36-4,33-29(35)28-15-19(2)20(3)38-28)37-26-13-14-27-21(16-26)18-32-34(27)24-11-9-23(31)10-12-24/h6-18H,5H2,1-4H3,(H,33,35). The predicted molar refractivity (Wildman–Crippen MR) is 148 cm³/mol. The number of nitrogens with one attached hydrogen (secondary N) is 1. The van der Waals surface area contributed by atoms with Crippen LogP contribution in [-0.4, -0.2) is 22.8 Å². The number of aryl methyl sites for hydroxylation is 2. The summed E-state index contributed by atoms with van der Waals surface area (Å²) in [7, 11) is 1.61. The first-order valence-corrected chi connectivity index (χ1v) is 13.1. The smallest absolute Gasteiger partial charge is 0.264 e. The highest BCUT2D eigenvalue weighted by molar-refractivity contribution is 7.14. The highest BCUT2D eigenvalue weighted by atomic mass is 32.1. The number of hydrogen-bond acceptors (Lipinski definition) is 5. The zero-order valence-corrected chi connectivity index (χ0v) is 22.4. The van der Waals surface area contributed by atoms with E-state index in [0.29, 0.717) is 22.8 Å². The number of aromatic nitrogens is 2. The van der Waals surface area contributed by atoms with E-state index < -0.39 is 5.72 Å². The molecular weight excluding hydrogens is 501 g/mol. The number of fused-ring (bicyclic) bond motifs is 1. The SMILES string of the molecule is CCC(NC(=O)c1cc(C)c(C)s1)(Oc1ccc2c(cnn2-c2ccc(F)cc2)c1)c1cccc(OC)c1. The summed E-state index contributed by atoms with van der Waals surface area (Å²) in [6.45, 7) is 5.97. The van der Waals surface area contributed by atoms with Crippen molar-refractivity contribution in [2.24, 2.45) is 0 Å². The third kappa shape index (κ3) is 4.87. The summed E-state index contributed by atoms with van der Waals surface area (Å²) in [5.41, 5.74) is 2.29. The second-order valence-electron chi connectivity index (χ2n) is 9.07. The Hall–Kier alpha value is -4.17. The van der Waals surface area contributed by atoms with Crippen molar-refractivity contribution in [3.05, 3.63) is 106 Å². The number of halogens is 1. The Morgan fingerprint density at radius 3 is 2.53 bits per heavy atom. The lowest BCUT2D eigenvalue weighted by atomic mass is 9.98. The van der Waals surface area contributed by atoms with E-state index in [9.17, 15) is 9.18 Å². The van der Waals surface area contributed by atoms with Crippen LogP contribution < -0.4 is 14.8 Å². The molecule has 1 amide bonds. The van der Waals surface area contributed by atoms with Crippen LogP contribution in [-0.2, 0) is 5.72 Å². The van der Waals surface area contributed by atoms with Gasteiger partial charge in [0, 0.05) is 22.2 Å². The fraction of sp³-hybridized carbons (Fsp3) is 0.200. The Bertz CT molecular complexity index is 1590. The molecule has 0 aliphatic carbocycles. The third-order valence-electron chi connectivity index (χ3n) is 6.64. The molecule has 5 rings (SSSR count). The van der Waals surface area contributed by atoms with E-state index in [0.717, 1.165) is 32.6 Å². The fourth-order valence-corrected chi connectivity index (χ4v) is 5.32. The van der Waals surface area contributed by atoms with E-state index in [1.807, 2.05) is 69.3 Å². The molecule has 0 fully saturated rings. The Kier molecular flexibility index (Phi) is 6.91. The lowest BCUT2D eigenvalue weighted by Gasteiger charge is -2.35. The van der Waals surface area contributed by atoms with Gasteiger partial charge in [0.2, 0.25) is 5.72 Å². The average Bonchev–Trinajstić information content (AvgIpc) is 3.51. The molecule has 0 saturated carbocycles. The molecule has 1 atom stereocenters. The number of amides is 1. The van der Waals surface area contributed by atoms with Gasteiger partial charge in [0.25, 0.3) is 5.91 Å². The quantitative estimate of drug-likeness (QED) is 0.222. The maximum absolute atomic E-state index is 13.4. The normalized spacial score (nSPS) is 12.8. The van der Waals surface area contributed by atoms with Gasteiger partial charge in [0.05, 0.1) is 29.4 Å². The number of benzene rings is 3. The second-order valence-corrected chi connectivity index (χ2v) is 10.3. The van der Waals surface area contributed by atoms with Crippen LogP contribution in [0.4, 0.5) is 4.39 Å². The van der Waals surface area contributed by atoms with E-state index in [1.165, 1.54) is 23.5 Å². The number of hydrogen-bond donors (Lipinski definition) is 1. The highest BCUT2D eigenvalue weighted by Crippen LogP contribution is 2.34. The number of nitrogens with zero attached hydrogens (tertiary/aromatic N) is 2. The lowest BCUT2D eigenvalue weighted by Crippen LogP contribution is -2.50. The molecule has 1 unspecified atom stereocenters. The van der Waals surface area contributed by atoms with Crippen LogP contribution in [0.2, 0.25) is 0 Å². The van der Waals surface area contributed by atoms with Crippen LogP contribution in [0.15, 0.2) is 79.0 Å². The van der Waals surface area contributed by atoms with E-state index in [2.05, 4.69) is 10.4 Å². The molecule has 0 radical (unpaired) electrons. The highest BCUT2D eigenvalue weighted by Gasteiger charge is 2.36. The van der Waals surface area contributed by atoms with Gasteiger partial charge in [-0.05, 0) is 80.1 Å². The molecule has 5 aromatic rings. The van der Waals surface area contributed by atoms with Crippen LogP contribution in [0.5, 0.6) is 11.5 Å². The molecule has 194 valence electrons. The van der Waals surface area contributed by atoms with E-state index in [1.54, 1.807) is 30.1 Å². The van der Waals surface area contributed by atoms with Gasteiger partial charge in [-0.1, -0.05) is 19.1 Å². The number of thiophene rings is 1. The molecule has 0 bridgehead atoms. The first-order chi connectivity index (χ1) is 18.3. The molecule has 38 heavy (non-hydrogen) atoms. The maximum Gasteiger partial charge on any atom is 0.264 e. The largest absolute Gasteiger partial charge is 0.497 e. The van der Waals surface area contributed by atoms with Crippen LogP contribution in [0, 0.1) is 19.7 Å². The molecule has 0 aliphatic rings. The van der Waals surface area contributed by atoms with Crippen molar-refractivity contribution in [2.45, 2.75) is 32.9 Å². The lowest BCUT2D eigenvalue weighted by molar-refractivity contribution is 0.0231. The maximum atomic E-state index is 13.4. The minimum atomic E-state index is -1.15. The second kappa shape index (κ2) is 10.3. The minimum absolute atomic E-state index is 0.207. The fourth-order valence-electron chi connectivity index (χ4n) is 4.39. The molecule has 2 heterocycles. The summed E-state index contributed by atoms with van der Waals surface area (Å²) in [4.78, 5) is 15.2. The van der Waals surface area contributed by atoms with Crippen LogP contribution in [0.3, 0.4) is 0 Å². The Labute approximate surface area is 224 Å². The van der Waals surface area contributed by atoms with Crippen molar-refractivity contribution in [2.75, 3.05) is 7.11 Å². The Balaban J connectivity index is 1.53. The van der Waals surface area contributed by atoms with Gasteiger partial charge in [-0.2, -0.15) is 5.10 Å². The van der Waals surface area contributed by atoms with E-state index >= 15 is 0 Å². The monoisotopic (exact) mass is 529 g/mol. The van der Waals surface area contributed by atoms with Crippen molar-refractivity contribution >= 4 is 28.1 Å². The van der Waals surface area contributed by atoms with Gasteiger partial charge in [0.1, 0.15) is 17.3 Å². The number of methoxy groups -OCH3 is 1. The van der Waals surface area contributed by atoms with Crippen molar-refractivity contribution in [1.29, 1.82) is 0 Å². The summed E-state index contributed by atoms with van der Waals surface area (Å²) in [5, 5.41) is 8.51. The summed E-state index contributed by atoms with van der Waals surface area (Å²) in [5.74, 6) is 0.724. The predicted octanol–water partition coefficient (Wildman–Crippen LogP) is 6.92. The molecule has 0 aliphatic heterocycles. The summed E-state index contributed by atoms with van der Waals surface area (Å²) < 4.78 is 27.3. The van der Waals surface area contributed by atoms with Crippen molar-refractivity contribution in [3.8, 4) is 17.2 Å². The third-order valence-corrected chi connectivity index (χ3v) is 7.79. The Morgan fingerprint density at radius 1 is 1.05 bits per heavy atom. The molecule has 2 aromatic heterocycles. The number of carbonyl (C=O) groups is 1. The summed E-state index contributed by atoms with van der Waals surface area (Å²) >= 11 is 1.46. The van der Waals surface area contributed by atoms with Gasteiger partial charge in [-0.3, -0.25) is 4.79 Å². The van der Waals surface area contributed by atoms with E-state index in [4.69, 9.17) is 9.47 Å². The molecular formula is C30H28FN3O3S. The summed E-state index contributed by atoms with van der Waals surface area (Å²) in [6, 6.07) is 21.2. The zero-order valence-electron chi connectivity index (χ0n) is 21.6. The molecule has 0 spiro atoms. The molecule has 0 saturated heterocycles. The average molecular weight is 530 g/mol. The van der Waals surface area contributed by atoms with Crippen LogP contribution in [0.25, 0.3) is 16.6 Å². The van der Waals surface area contributed by atoms with Crippen LogP contribution >= 0.6 is 11.3 Å². The number of carbonyl (C=O) groups excluding carboxylic acids is 1. The van der Waals surface area contributed by atoms with Crippen molar-refractivity contribution in [3.63, 3.8) is 0 Å². The molecule has 8 heteroatoms. The van der Waals surface area contributed by atoms with Gasteiger partial charge in [-0.15, -0.1) is 11.3 Å². The first-order valence-electron chi connectivity index (χ1n) is 12.3. The van der Waals surface area contributed by atoms with Crippen molar-refractivity contribution in [1.82, 2.24) is 15.1 Å². The van der Waals surface area contributed by atoms with Crippen molar-refractivity contribution < 1.29 is 18.7 Å². The van der Waals surface area contributed by atoms with Gasteiger partial charge in [0.15, 0.2) is 0 Å². The van der Waals surface area contributed by atoms with Gasteiger partial charge >= 0.3 is 0 Å². The Morgan fingerprint density at radius 2 is 1.84 bits per heavy atom. The van der Waals surface area contributed by atoms with Gasteiger partial charge in [-0.25, -0.2) is 9.07 Å². The number of rotatable bonds is 8. The molecule has 1 N–H and O–H groups in total. The molecule has 6 nitrogen and oxygen atoms in total. The van der Waals surface area contributed by atoms with E-state index in [-0.39, 0.29) is 11.7 Å². The zero-order chi connectivity index (χ0) is 26.9. The minimum Gasteiger partial charge on any atom is -0.497 e. The van der Waals surface area contributed by atoms with Gasteiger partial charge < -0.3 is 14.8 Å². The number of ether oxygens (including phenoxy) is 2. The topological polar surface area (TPSA) is 65.4 Å². The first kappa shape index (κ1) is 25.5. The summed E-state index contributed by atoms with van der Waals surface area (Å²) in [6.07, 6.45) is 2.20. The van der Waals surface area contributed by atoms with Crippen LogP contribution in [0.1, 0.15) is 39.0 Å².